The Bertz CT molecular complexity index is 820. The van der Waals surface area contributed by atoms with Crippen LogP contribution in [-0.4, -0.2) is 25.7 Å². The normalized spacial score (nSPS) is 11.0. The topological polar surface area (TPSA) is 85.8 Å². The molecule has 7 nitrogen and oxygen atoms in total. The van der Waals surface area contributed by atoms with Gasteiger partial charge in [-0.25, -0.2) is 9.67 Å². The van der Waals surface area contributed by atoms with Crippen LogP contribution >= 0.6 is 0 Å². The Morgan fingerprint density at radius 2 is 2.04 bits per heavy atom. The van der Waals surface area contributed by atoms with Crippen molar-refractivity contribution in [1.29, 1.82) is 0 Å². The van der Waals surface area contributed by atoms with E-state index in [1.165, 1.54) is 6.39 Å². The molecule has 0 fully saturated rings. The maximum absolute atomic E-state index is 12.5. The lowest BCUT2D eigenvalue weighted by molar-refractivity contribution is 0.102. The molecule has 0 aliphatic heterocycles. The van der Waals surface area contributed by atoms with Gasteiger partial charge in [-0.2, -0.15) is 5.10 Å². The van der Waals surface area contributed by atoms with Gasteiger partial charge in [0.1, 0.15) is 11.6 Å². The third-order valence-electron chi connectivity index (χ3n) is 3.31. The molecule has 0 spiro atoms. The van der Waals surface area contributed by atoms with Crippen LogP contribution in [0.4, 0.5) is 5.82 Å². The molecule has 0 aromatic carbocycles. The van der Waals surface area contributed by atoms with Crippen LogP contribution in [0.2, 0.25) is 0 Å². The van der Waals surface area contributed by atoms with Crippen LogP contribution in [0.25, 0.3) is 5.69 Å². The number of carbonyl (C=O) groups excluding carboxylic acids is 1. The Hall–Kier alpha value is -2.96. The summed E-state index contributed by atoms with van der Waals surface area (Å²) in [6.45, 7) is 5.76. The summed E-state index contributed by atoms with van der Waals surface area (Å²) < 4.78 is 6.96. The molecule has 1 N–H and O–H groups in total. The first-order valence-electron chi connectivity index (χ1n) is 7.28. The zero-order valence-electron chi connectivity index (χ0n) is 13.1. The summed E-state index contributed by atoms with van der Waals surface area (Å²) in [5.41, 5.74) is 1.90. The summed E-state index contributed by atoms with van der Waals surface area (Å²) in [5.74, 6) is 0.883. The Morgan fingerprint density at radius 1 is 1.30 bits per heavy atom. The average Bonchev–Trinajstić information content (AvgIpc) is 3.15. The van der Waals surface area contributed by atoms with Gasteiger partial charge < -0.3 is 9.73 Å². The third-order valence-corrected chi connectivity index (χ3v) is 3.31. The number of hydrogen-bond donors (Lipinski definition) is 1. The number of carbonyl (C=O) groups is 1. The molecule has 0 radical (unpaired) electrons. The fraction of sp³-hybridized carbons (Fsp3) is 0.250. The molecule has 0 aliphatic carbocycles. The highest BCUT2D eigenvalue weighted by atomic mass is 16.3. The first kappa shape index (κ1) is 15.0. The van der Waals surface area contributed by atoms with E-state index in [0.717, 1.165) is 11.4 Å². The number of aryl methyl sites for hydroxylation is 1. The molecule has 0 saturated carbocycles. The number of pyridine rings is 1. The largest absolute Gasteiger partial charge is 0.447 e. The highest BCUT2D eigenvalue weighted by Crippen LogP contribution is 2.21. The van der Waals surface area contributed by atoms with Gasteiger partial charge in [-0.15, -0.1) is 0 Å². The SMILES string of the molecule is Cc1cc(NC(=O)c2ncoc2C(C)C)n(-c2ccncc2)n1. The highest BCUT2D eigenvalue weighted by molar-refractivity contribution is 6.03. The number of amides is 1. The van der Waals surface area contributed by atoms with Crippen molar-refractivity contribution in [2.45, 2.75) is 26.7 Å². The number of hydrogen-bond acceptors (Lipinski definition) is 5. The van der Waals surface area contributed by atoms with E-state index in [2.05, 4.69) is 20.4 Å². The quantitative estimate of drug-likeness (QED) is 0.800. The summed E-state index contributed by atoms with van der Waals surface area (Å²) in [5, 5.41) is 7.25. The monoisotopic (exact) mass is 311 g/mol. The minimum absolute atomic E-state index is 0.0742. The molecule has 3 aromatic heterocycles. The maximum Gasteiger partial charge on any atom is 0.279 e. The Balaban J connectivity index is 1.92. The number of aromatic nitrogens is 4. The van der Waals surface area contributed by atoms with E-state index in [4.69, 9.17) is 4.42 Å². The van der Waals surface area contributed by atoms with Gasteiger partial charge in [-0.05, 0) is 19.1 Å². The summed E-state index contributed by atoms with van der Waals surface area (Å²) in [7, 11) is 0. The zero-order chi connectivity index (χ0) is 16.4. The average molecular weight is 311 g/mol. The second kappa shape index (κ2) is 6.04. The fourth-order valence-electron chi connectivity index (χ4n) is 2.28. The van der Waals surface area contributed by atoms with E-state index in [1.807, 2.05) is 32.9 Å². The molecule has 118 valence electrons. The van der Waals surface area contributed by atoms with Crippen molar-refractivity contribution in [3.8, 4) is 5.69 Å². The maximum atomic E-state index is 12.5. The molecule has 3 heterocycles. The van der Waals surface area contributed by atoms with Crippen molar-refractivity contribution in [3.63, 3.8) is 0 Å². The summed E-state index contributed by atoms with van der Waals surface area (Å²) in [6.07, 6.45) is 4.63. The smallest absolute Gasteiger partial charge is 0.279 e. The van der Waals surface area contributed by atoms with Crippen molar-refractivity contribution >= 4 is 11.7 Å². The van der Waals surface area contributed by atoms with E-state index < -0.39 is 0 Å². The van der Waals surface area contributed by atoms with Gasteiger partial charge in [0.2, 0.25) is 0 Å². The summed E-state index contributed by atoms with van der Waals surface area (Å²) in [6, 6.07) is 5.43. The van der Waals surface area contributed by atoms with E-state index in [-0.39, 0.29) is 11.8 Å². The van der Waals surface area contributed by atoms with Crippen LogP contribution in [0.5, 0.6) is 0 Å². The van der Waals surface area contributed by atoms with Crippen molar-refractivity contribution in [1.82, 2.24) is 19.7 Å². The van der Waals surface area contributed by atoms with Gasteiger partial charge in [-0.3, -0.25) is 9.78 Å². The van der Waals surface area contributed by atoms with E-state index in [9.17, 15) is 4.79 Å². The van der Waals surface area contributed by atoms with E-state index in [0.29, 0.717) is 17.3 Å². The van der Waals surface area contributed by atoms with E-state index in [1.54, 1.807) is 23.1 Å². The Labute approximate surface area is 133 Å². The molecule has 1 amide bonds. The van der Waals surface area contributed by atoms with Crippen molar-refractivity contribution in [3.05, 3.63) is 54.1 Å². The molecule has 0 aliphatic rings. The zero-order valence-corrected chi connectivity index (χ0v) is 13.1. The van der Waals surface area contributed by atoms with Gasteiger partial charge in [0.15, 0.2) is 12.1 Å². The lowest BCUT2D eigenvalue weighted by atomic mass is 10.1. The van der Waals surface area contributed by atoms with Crippen LogP contribution in [0, 0.1) is 6.92 Å². The second-order valence-corrected chi connectivity index (χ2v) is 5.46. The molecular formula is C16H17N5O2. The summed E-state index contributed by atoms with van der Waals surface area (Å²) in [4.78, 5) is 20.5. The second-order valence-electron chi connectivity index (χ2n) is 5.46. The molecule has 3 aromatic rings. The molecule has 7 heteroatoms. The highest BCUT2D eigenvalue weighted by Gasteiger charge is 2.20. The number of nitrogens with zero attached hydrogens (tertiary/aromatic N) is 4. The summed E-state index contributed by atoms with van der Waals surface area (Å²) >= 11 is 0. The number of rotatable bonds is 4. The van der Waals surface area contributed by atoms with Gasteiger partial charge in [-0.1, -0.05) is 13.8 Å². The van der Waals surface area contributed by atoms with E-state index >= 15 is 0 Å². The molecule has 0 unspecified atom stereocenters. The molecule has 23 heavy (non-hydrogen) atoms. The van der Waals surface area contributed by atoms with Gasteiger partial charge >= 0.3 is 0 Å². The predicted molar refractivity (Wildman–Crippen MR) is 84.6 cm³/mol. The minimum Gasteiger partial charge on any atom is -0.447 e. The molecular weight excluding hydrogens is 294 g/mol. The lowest BCUT2D eigenvalue weighted by Gasteiger charge is -2.09. The van der Waals surface area contributed by atoms with Crippen molar-refractivity contribution in [2.75, 3.05) is 5.32 Å². The Morgan fingerprint density at radius 3 is 2.74 bits per heavy atom. The van der Waals surface area contributed by atoms with Crippen LogP contribution < -0.4 is 5.32 Å². The predicted octanol–water partition coefficient (Wildman–Crippen LogP) is 2.94. The standard InChI is InChI=1S/C16H17N5O2/c1-10(2)15-14(18-9-23-15)16(22)19-13-8-11(3)20-21(13)12-4-6-17-7-5-12/h4-10H,1-3H3,(H,19,22). The fourth-order valence-corrected chi connectivity index (χ4v) is 2.28. The van der Waals surface area contributed by atoms with Crippen molar-refractivity contribution in [2.24, 2.45) is 0 Å². The van der Waals surface area contributed by atoms with Crippen LogP contribution in [0.3, 0.4) is 0 Å². The first-order valence-corrected chi connectivity index (χ1v) is 7.28. The van der Waals surface area contributed by atoms with Crippen LogP contribution in [0.15, 0.2) is 41.4 Å². The number of nitrogens with one attached hydrogen (secondary N) is 1. The lowest BCUT2D eigenvalue weighted by Crippen LogP contribution is -2.17. The molecule has 0 atom stereocenters. The van der Waals surface area contributed by atoms with Crippen LogP contribution in [0.1, 0.15) is 41.7 Å². The minimum atomic E-state index is -0.322. The Kier molecular flexibility index (Phi) is 3.92. The molecule has 3 rings (SSSR count). The first-order chi connectivity index (χ1) is 11.1. The van der Waals surface area contributed by atoms with Gasteiger partial charge in [0, 0.05) is 24.4 Å². The third kappa shape index (κ3) is 2.98. The number of oxazole rings is 1. The van der Waals surface area contributed by atoms with Crippen LogP contribution in [-0.2, 0) is 0 Å². The molecule has 0 saturated heterocycles. The van der Waals surface area contributed by atoms with Gasteiger partial charge in [0.05, 0.1) is 11.4 Å². The van der Waals surface area contributed by atoms with Gasteiger partial charge in [0.25, 0.3) is 5.91 Å². The number of anilines is 1. The molecule has 0 bridgehead atoms. The van der Waals surface area contributed by atoms with Crippen molar-refractivity contribution < 1.29 is 9.21 Å².